The van der Waals surface area contributed by atoms with Gasteiger partial charge in [0.05, 0.1) is 6.07 Å². The maximum Gasteiger partial charge on any atom is 0.254 e. The van der Waals surface area contributed by atoms with Gasteiger partial charge in [-0.1, -0.05) is 6.92 Å². The molecule has 2 N–H and O–H groups in total. The quantitative estimate of drug-likeness (QED) is 0.819. The second-order valence-corrected chi connectivity index (χ2v) is 4.83. The Hall–Kier alpha value is -1.36. The smallest absolute Gasteiger partial charge is 0.254 e. The van der Waals surface area contributed by atoms with E-state index in [-0.39, 0.29) is 11.4 Å². The fraction of sp³-hybridized carbons (Fsp3) is 0.667. The van der Waals surface area contributed by atoms with Crippen molar-refractivity contribution in [3.63, 3.8) is 0 Å². The lowest BCUT2D eigenvalue weighted by Gasteiger charge is -2.37. The van der Waals surface area contributed by atoms with Gasteiger partial charge in [0.15, 0.2) is 0 Å². The van der Waals surface area contributed by atoms with E-state index in [1.807, 2.05) is 0 Å². The topological polar surface area (TPSA) is 75.2 Å². The summed E-state index contributed by atoms with van der Waals surface area (Å²) in [5.41, 5.74) is -0.896. The van der Waals surface area contributed by atoms with Crippen molar-refractivity contribution in [1.29, 1.82) is 0 Å². The van der Waals surface area contributed by atoms with E-state index in [1.165, 1.54) is 0 Å². The van der Waals surface area contributed by atoms with Gasteiger partial charge in [0.25, 0.3) is 5.56 Å². The van der Waals surface area contributed by atoms with Crippen LogP contribution in [-0.4, -0.2) is 22.2 Å². The Morgan fingerprint density at radius 2 is 2.18 bits per heavy atom. The van der Waals surface area contributed by atoms with Gasteiger partial charge in [-0.3, -0.25) is 4.79 Å². The number of rotatable bonds is 2. The Morgan fingerprint density at radius 1 is 1.53 bits per heavy atom. The third kappa shape index (κ3) is 2.34. The molecule has 1 saturated carbocycles. The molecule has 17 heavy (non-hydrogen) atoms. The second kappa shape index (κ2) is 4.49. The van der Waals surface area contributed by atoms with Crippen LogP contribution in [0.5, 0.6) is 5.88 Å². The third-order valence-corrected chi connectivity index (χ3v) is 3.63. The Kier molecular flexibility index (Phi) is 3.19. The number of methoxy groups -OCH3 is 1. The van der Waals surface area contributed by atoms with E-state index in [2.05, 4.69) is 16.9 Å². The van der Waals surface area contributed by atoms with Crippen molar-refractivity contribution >= 4 is 0 Å². The molecule has 0 spiro atoms. The highest BCUT2D eigenvalue weighted by atomic mass is 16.5. The summed E-state index contributed by atoms with van der Waals surface area (Å²) in [6, 6.07) is 1.07. The summed E-state index contributed by atoms with van der Waals surface area (Å²) in [5.74, 6) is 0.859. The van der Waals surface area contributed by atoms with Crippen LogP contribution in [0.3, 0.4) is 0 Å². The molecule has 1 fully saturated rings. The normalized spacial score (nSPS) is 29.2. The average molecular weight is 238 g/mol. The van der Waals surface area contributed by atoms with Gasteiger partial charge < -0.3 is 14.8 Å². The predicted molar refractivity (Wildman–Crippen MR) is 62.8 cm³/mol. The zero-order valence-corrected chi connectivity index (χ0v) is 10.2. The fourth-order valence-electron chi connectivity index (χ4n) is 2.43. The minimum atomic E-state index is -0.551. The number of aromatic nitrogens is 2. The number of aromatic amines is 1. The maximum atomic E-state index is 11.4. The Balaban J connectivity index is 2.37. The first-order chi connectivity index (χ1) is 8.05. The number of H-pyrrole nitrogens is 1. The van der Waals surface area contributed by atoms with Gasteiger partial charge in [-0.05, 0) is 31.6 Å². The van der Waals surface area contributed by atoms with E-state index in [9.17, 15) is 9.90 Å². The lowest BCUT2D eigenvalue weighted by molar-refractivity contribution is -0.0602. The van der Waals surface area contributed by atoms with Gasteiger partial charge in [-0.25, -0.2) is 0 Å². The molecule has 0 aliphatic heterocycles. The van der Waals surface area contributed by atoms with Crippen molar-refractivity contribution in [2.75, 3.05) is 7.11 Å². The molecule has 1 aliphatic rings. The van der Waals surface area contributed by atoms with Crippen molar-refractivity contribution in [3.05, 3.63) is 22.2 Å². The van der Waals surface area contributed by atoms with Crippen molar-refractivity contribution in [2.45, 2.75) is 38.2 Å². The average Bonchev–Trinajstić information content (AvgIpc) is 2.29. The van der Waals surface area contributed by atoms with E-state index in [4.69, 9.17) is 4.74 Å². The lowest BCUT2D eigenvalue weighted by Crippen LogP contribution is -2.36. The van der Waals surface area contributed by atoms with Crippen LogP contribution in [0.2, 0.25) is 0 Å². The molecule has 1 aliphatic carbocycles. The number of aromatic hydroxyl groups is 1. The highest BCUT2D eigenvalue weighted by Gasteiger charge is 2.38. The van der Waals surface area contributed by atoms with E-state index < -0.39 is 5.60 Å². The van der Waals surface area contributed by atoms with Crippen LogP contribution >= 0.6 is 0 Å². The summed E-state index contributed by atoms with van der Waals surface area (Å²) in [6.07, 6.45) is 3.70. The minimum absolute atomic E-state index is 0.251. The summed E-state index contributed by atoms with van der Waals surface area (Å²) < 4.78 is 5.58. The molecule has 0 aromatic carbocycles. The van der Waals surface area contributed by atoms with Crippen LogP contribution in [-0.2, 0) is 10.3 Å². The zero-order chi connectivity index (χ0) is 12.5. The monoisotopic (exact) mass is 238 g/mol. The largest absolute Gasteiger partial charge is 0.493 e. The number of nitrogens with zero attached hydrogens (tertiary/aromatic N) is 1. The minimum Gasteiger partial charge on any atom is -0.493 e. The maximum absolute atomic E-state index is 11.4. The summed E-state index contributed by atoms with van der Waals surface area (Å²) in [7, 11) is 1.63. The van der Waals surface area contributed by atoms with Crippen molar-refractivity contribution in [3.8, 4) is 5.88 Å². The molecule has 94 valence electrons. The molecule has 0 saturated heterocycles. The highest BCUT2D eigenvalue weighted by molar-refractivity contribution is 5.12. The van der Waals surface area contributed by atoms with E-state index in [0.29, 0.717) is 11.7 Å². The van der Waals surface area contributed by atoms with Gasteiger partial charge in [-0.2, -0.15) is 4.98 Å². The van der Waals surface area contributed by atoms with Gasteiger partial charge in [0, 0.05) is 7.11 Å². The van der Waals surface area contributed by atoms with Crippen molar-refractivity contribution in [2.24, 2.45) is 5.92 Å². The fourth-order valence-corrected chi connectivity index (χ4v) is 2.43. The van der Waals surface area contributed by atoms with Crippen LogP contribution in [0.15, 0.2) is 10.9 Å². The first-order valence-electron chi connectivity index (χ1n) is 5.92. The van der Waals surface area contributed by atoms with Crippen LogP contribution in [0, 0.1) is 5.92 Å². The molecule has 2 rings (SSSR count). The molecule has 1 heterocycles. The Labute approximate surface area is 99.9 Å². The molecule has 1 aromatic heterocycles. The lowest BCUT2D eigenvalue weighted by atomic mass is 9.79. The third-order valence-electron chi connectivity index (χ3n) is 3.63. The van der Waals surface area contributed by atoms with E-state index in [0.717, 1.165) is 31.7 Å². The molecule has 5 heteroatoms. The molecule has 0 bridgehead atoms. The molecule has 5 nitrogen and oxygen atoms in total. The molecule has 0 unspecified atom stereocenters. The summed E-state index contributed by atoms with van der Waals surface area (Å²) in [6.45, 7) is 2.21. The van der Waals surface area contributed by atoms with E-state index in [1.54, 1.807) is 7.11 Å². The van der Waals surface area contributed by atoms with Crippen LogP contribution < -0.4 is 5.56 Å². The van der Waals surface area contributed by atoms with Crippen molar-refractivity contribution in [1.82, 2.24) is 9.97 Å². The predicted octanol–water partition coefficient (Wildman–Crippen LogP) is 1.53. The summed E-state index contributed by atoms with van der Waals surface area (Å²) in [4.78, 5) is 18.0. The van der Waals surface area contributed by atoms with Crippen molar-refractivity contribution < 1.29 is 9.84 Å². The van der Waals surface area contributed by atoms with Gasteiger partial charge in [-0.15, -0.1) is 0 Å². The highest BCUT2D eigenvalue weighted by Crippen LogP contribution is 2.40. The zero-order valence-electron chi connectivity index (χ0n) is 10.2. The molecule has 0 radical (unpaired) electrons. The number of hydrogen-bond acceptors (Lipinski definition) is 4. The first kappa shape index (κ1) is 12.1. The van der Waals surface area contributed by atoms with Gasteiger partial charge in [0.2, 0.25) is 5.88 Å². The molecule has 0 atom stereocenters. The Morgan fingerprint density at radius 3 is 2.71 bits per heavy atom. The first-order valence-corrected chi connectivity index (χ1v) is 5.92. The molecular formula is C12H18N2O3. The van der Waals surface area contributed by atoms with Gasteiger partial charge >= 0.3 is 0 Å². The SMILES string of the molecule is COC1(c2nc(O)cc(=O)[nH]2)CCC(C)CC1. The van der Waals surface area contributed by atoms with Crippen LogP contribution in [0.4, 0.5) is 0 Å². The van der Waals surface area contributed by atoms with Crippen LogP contribution in [0.1, 0.15) is 38.4 Å². The molecule has 0 amide bonds. The molecular weight excluding hydrogens is 220 g/mol. The molecule has 1 aromatic rings. The summed E-state index contributed by atoms with van der Waals surface area (Å²) in [5, 5.41) is 9.40. The van der Waals surface area contributed by atoms with Gasteiger partial charge in [0.1, 0.15) is 11.4 Å². The summed E-state index contributed by atoms with van der Waals surface area (Å²) >= 11 is 0. The second-order valence-electron chi connectivity index (χ2n) is 4.83. The number of hydrogen-bond donors (Lipinski definition) is 2. The standard InChI is InChI=1S/C12H18N2O3/c1-8-3-5-12(17-2,6-4-8)11-13-9(15)7-10(16)14-11/h7-8H,3-6H2,1-2H3,(H2,13,14,15,16). The number of ether oxygens (including phenoxy) is 1. The number of nitrogens with one attached hydrogen (secondary N) is 1. The van der Waals surface area contributed by atoms with E-state index >= 15 is 0 Å². The van der Waals surface area contributed by atoms with Crippen LogP contribution in [0.25, 0.3) is 0 Å². The Bertz CT molecular complexity index is 447.